The van der Waals surface area contributed by atoms with Crippen molar-refractivity contribution in [3.8, 4) is 5.75 Å². The van der Waals surface area contributed by atoms with Crippen molar-refractivity contribution in [3.63, 3.8) is 0 Å². The van der Waals surface area contributed by atoms with E-state index in [9.17, 15) is 9.90 Å². The maximum Gasteiger partial charge on any atom is 0.290 e. The van der Waals surface area contributed by atoms with Gasteiger partial charge < -0.3 is 14.9 Å². The van der Waals surface area contributed by atoms with Gasteiger partial charge in [0.05, 0.1) is 11.7 Å². The molecule has 1 unspecified atom stereocenters. The van der Waals surface area contributed by atoms with Crippen LogP contribution in [-0.4, -0.2) is 16.2 Å². The highest BCUT2D eigenvalue weighted by molar-refractivity contribution is 5.94. The Bertz CT molecular complexity index is 1100. The minimum Gasteiger partial charge on any atom is -0.508 e. The number of amides is 1. The van der Waals surface area contributed by atoms with Gasteiger partial charge in [-0.1, -0.05) is 65.8 Å². The first-order valence-corrected chi connectivity index (χ1v) is 8.63. The van der Waals surface area contributed by atoms with Crippen LogP contribution in [0.1, 0.15) is 33.4 Å². The zero-order valence-electron chi connectivity index (χ0n) is 14.7. The molecule has 134 valence electrons. The molecule has 2 N–H and O–H groups in total. The Balaban J connectivity index is 1.85. The quantitative estimate of drug-likeness (QED) is 0.568. The molecule has 0 saturated carbocycles. The standard InChI is InChI=1S/C22H18N2O3/c1-14-13-19(27-24-14)22(26)23-21(16-8-3-2-4-9-16)20-17-10-6-5-7-15(17)11-12-18(20)25/h2-13,21,25H,1H3,(H,23,26). The second-order valence-corrected chi connectivity index (χ2v) is 6.37. The molecule has 1 amide bonds. The molecule has 1 aromatic heterocycles. The second-order valence-electron chi connectivity index (χ2n) is 6.37. The minimum absolute atomic E-state index is 0.122. The summed E-state index contributed by atoms with van der Waals surface area (Å²) in [4.78, 5) is 12.7. The highest BCUT2D eigenvalue weighted by atomic mass is 16.5. The lowest BCUT2D eigenvalue weighted by molar-refractivity contribution is 0.0905. The summed E-state index contributed by atoms with van der Waals surface area (Å²) in [6.07, 6.45) is 0. The molecular weight excluding hydrogens is 340 g/mol. The molecule has 0 fully saturated rings. The number of hydrogen-bond donors (Lipinski definition) is 2. The fraction of sp³-hybridized carbons (Fsp3) is 0.0909. The number of aromatic hydroxyl groups is 1. The van der Waals surface area contributed by atoms with Crippen molar-refractivity contribution in [2.45, 2.75) is 13.0 Å². The first-order valence-electron chi connectivity index (χ1n) is 8.63. The SMILES string of the molecule is Cc1cc(C(=O)NC(c2ccccc2)c2c(O)ccc3ccccc23)on1. The zero-order valence-corrected chi connectivity index (χ0v) is 14.7. The smallest absolute Gasteiger partial charge is 0.290 e. The maximum atomic E-state index is 12.7. The molecule has 0 spiro atoms. The van der Waals surface area contributed by atoms with Crippen LogP contribution in [0.15, 0.2) is 77.3 Å². The van der Waals surface area contributed by atoms with Crippen molar-refractivity contribution in [1.82, 2.24) is 10.5 Å². The van der Waals surface area contributed by atoms with E-state index >= 15 is 0 Å². The summed E-state index contributed by atoms with van der Waals surface area (Å²) in [7, 11) is 0. The number of hydrogen-bond acceptors (Lipinski definition) is 4. The van der Waals surface area contributed by atoms with Gasteiger partial charge in [0.2, 0.25) is 5.76 Å². The predicted molar refractivity (Wildman–Crippen MR) is 103 cm³/mol. The van der Waals surface area contributed by atoms with Gasteiger partial charge in [0.15, 0.2) is 0 Å². The molecule has 5 heteroatoms. The van der Waals surface area contributed by atoms with E-state index in [0.717, 1.165) is 16.3 Å². The van der Waals surface area contributed by atoms with Crippen molar-refractivity contribution >= 4 is 16.7 Å². The molecule has 0 bridgehead atoms. The van der Waals surface area contributed by atoms with Crippen LogP contribution in [0.3, 0.4) is 0 Å². The molecule has 0 aliphatic carbocycles. The fourth-order valence-electron chi connectivity index (χ4n) is 3.23. The second kappa shape index (κ2) is 6.96. The number of nitrogens with one attached hydrogen (secondary N) is 1. The van der Waals surface area contributed by atoms with Crippen molar-refractivity contribution in [1.29, 1.82) is 0 Å². The molecule has 5 nitrogen and oxygen atoms in total. The normalized spacial score (nSPS) is 12.0. The molecule has 0 aliphatic heterocycles. The number of benzene rings is 3. The Hall–Kier alpha value is -3.60. The number of carbonyl (C=O) groups is 1. The predicted octanol–water partition coefficient (Wildman–Crippen LogP) is 4.36. The number of phenolic OH excluding ortho intramolecular Hbond substituents is 1. The lowest BCUT2D eigenvalue weighted by atomic mass is 9.92. The van der Waals surface area contributed by atoms with Gasteiger partial charge in [0.1, 0.15) is 5.75 Å². The van der Waals surface area contributed by atoms with Gasteiger partial charge in [-0.25, -0.2) is 0 Å². The van der Waals surface area contributed by atoms with Crippen LogP contribution in [-0.2, 0) is 0 Å². The van der Waals surface area contributed by atoms with Gasteiger partial charge in [-0.3, -0.25) is 4.79 Å². The topological polar surface area (TPSA) is 75.4 Å². The van der Waals surface area contributed by atoms with E-state index < -0.39 is 11.9 Å². The van der Waals surface area contributed by atoms with Crippen LogP contribution < -0.4 is 5.32 Å². The molecule has 0 saturated heterocycles. The van der Waals surface area contributed by atoms with Crippen LogP contribution in [0.4, 0.5) is 0 Å². The van der Waals surface area contributed by atoms with Gasteiger partial charge in [-0.05, 0) is 29.3 Å². The number of aryl methyl sites for hydroxylation is 1. The summed E-state index contributed by atoms with van der Waals surface area (Å²) in [6.45, 7) is 1.76. The highest BCUT2D eigenvalue weighted by Crippen LogP contribution is 2.36. The van der Waals surface area contributed by atoms with Crippen molar-refractivity contribution in [2.24, 2.45) is 0 Å². The molecule has 4 rings (SSSR count). The average Bonchev–Trinajstić information content (AvgIpc) is 3.14. The number of rotatable bonds is 4. The molecular formula is C22H18N2O3. The van der Waals surface area contributed by atoms with Crippen LogP contribution >= 0.6 is 0 Å². The van der Waals surface area contributed by atoms with Crippen LogP contribution in [0.25, 0.3) is 10.8 Å². The summed E-state index contributed by atoms with van der Waals surface area (Å²) < 4.78 is 5.09. The molecule has 1 heterocycles. The first-order chi connectivity index (χ1) is 13.1. The Labute approximate surface area is 156 Å². The average molecular weight is 358 g/mol. The molecule has 27 heavy (non-hydrogen) atoms. The number of aromatic nitrogens is 1. The molecule has 3 aromatic carbocycles. The number of fused-ring (bicyclic) bond motifs is 1. The third-order valence-electron chi connectivity index (χ3n) is 4.50. The fourth-order valence-corrected chi connectivity index (χ4v) is 3.23. The Morgan fingerprint density at radius 1 is 1.04 bits per heavy atom. The monoisotopic (exact) mass is 358 g/mol. The number of carbonyl (C=O) groups excluding carboxylic acids is 1. The van der Waals surface area contributed by atoms with Gasteiger partial charge in [-0.2, -0.15) is 0 Å². The van der Waals surface area contributed by atoms with E-state index in [1.807, 2.05) is 60.7 Å². The van der Waals surface area contributed by atoms with Crippen molar-refractivity contribution in [3.05, 3.63) is 95.4 Å². The zero-order chi connectivity index (χ0) is 18.8. The van der Waals surface area contributed by atoms with Crippen LogP contribution in [0.5, 0.6) is 5.75 Å². The lowest BCUT2D eigenvalue weighted by Gasteiger charge is -2.22. The molecule has 1 atom stereocenters. The van der Waals surface area contributed by atoms with E-state index in [1.54, 1.807) is 19.1 Å². The third-order valence-corrected chi connectivity index (χ3v) is 4.50. The minimum atomic E-state index is -0.546. The van der Waals surface area contributed by atoms with Gasteiger partial charge in [0.25, 0.3) is 5.91 Å². The largest absolute Gasteiger partial charge is 0.508 e. The first kappa shape index (κ1) is 16.8. The van der Waals surface area contributed by atoms with Crippen LogP contribution in [0, 0.1) is 6.92 Å². The van der Waals surface area contributed by atoms with Gasteiger partial charge in [0, 0.05) is 11.6 Å². The Morgan fingerprint density at radius 3 is 2.52 bits per heavy atom. The Kier molecular flexibility index (Phi) is 4.34. The van der Waals surface area contributed by atoms with Gasteiger partial charge in [-0.15, -0.1) is 0 Å². The summed E-state index contributed by atoms with van der Waals surface area (Å²) in [5.41, 5.74) is 2.13. The van der Waals surface area contributed by atoms with Crippen molar-refractivity contribution < 1.29 is 14.4 Å². The van der Waals surface area contributed by atoms with E-state index in [2.05, 4.69) is 10.5 Å². The van der Waals surface area contributed by atoms with E-state index in [4.69, 9.17) is 4.52 Å². The molecule has 0 radical (unpaired) electrons. The molecule has 0 aliphatic rings. The highest BCUT2D eigenvalue weighted by Gasteiger charge is 2.24. The van der Waals surface area contributed by atoms with Crippen LogP contribution in [0.2, 0.25) is 0 Å². The number of nitrogens with zero attached hydrogens (tertiary/aromatic N) is 1. The lowest BCUT2D eigenvalue weighted by Crippen LogP contribution is -2.29. The van der Waals surface area contributed by atoms with Gasteiger partial charge >= 0.3 is 0 Å². The maximum absolute atomic E-state index is 12.7. The Morgan fingerprint density at radius 2 is 1.78 bits per heavy atom. The number of phenols is 1. The van der Waals surface area contributed by atoms with E-state index in [-0.39, 0.29) is 11.5 Å². The summed E-state index contributed by atoms with van der Waals surface area (Å²) >= 11 is 0. The third kappa shape index (κ3) is 3.27. The van der Waals surface area contributed by atoms with Crippen molar-refractivity contribution in [2.75, 3.05) is 0 Å². The van der Waals surface area contributed by atoms with E-state index in [0.29, 0.717) is 11.3 Å². The summed E-state index contributed by atoms with van der Waals surface area (Å²) in [6, 6.07) is 21.8. The molecule has 4 aromatic rings. The van der Waals surface area contributed by atoms with E-state index in [1.165, 1.54) is 0 Å². The summed E-state index contributed by atoms with van der Waals surface area (Å²) in [5.74, 6) is -0.137. The summed E-state index contributed by atoms with van der Waals surface area (Å²) in [5, 5.41) is 19.3.